The third kappa shape index (κ3) is 22.4. The van der Waals surface area contributed by atoms with Crippen molar-refractivity contribution in [2.75, 3.05) is 49.7 Å². The molecule has 0 aliphatic carbocycles. The highest BCUT2D eigenvalue weighted by Gasteiger charge is 2.16. The number of nitrogens with one attached hydrogen (secondary N) is 2. The van der Waals surface area contributed by atoms with Crippen LogP contribution in [0, 0.1) is 13.8 Å². The van der Waals surface area contributed by atoms with Crippen molar-refractivity contribution in [3.63, 3.8) is 0 Å². The number of imidazole rings is 2. The fourth-order valence-electron chi connectivity index (χ4n) is 3.89. The van der Waals surface area contributed by atoms with E-state index in [-0.39, 0.29) is 23.5 Å². The summed E-state index contributed by atoms with van der Waals surface area (Å²) in [5.41, 5.74) is 0. The number of aliphatic hydroxyl groups excluding tert-OH is 4. The van der Waals surface area contributed by atoms with Gasteiger partial charge in [0.15, 0.2) is 0 Å². The number of halogens is 4. The Morgan fingerprint density at radius 1 is 0.711 bits per heavy atom. The molecule has 45 heavy (non-hydrogen) atoms. The number of rotatable bonds is 20. The molecule has 2 aromatic rings. The molecule has 264 valence electrons. The van der Waals surface area contributed by atoms with Crippen LogP contribution in [0.2, 0.25) is 0 Å². The van der Waals surface area contributed by atoms with Crippen LogP contribution in [0.1, 0.15) is 24.5 Å². The lowest BCUT2D eigenvalue weighted by atomic mass is 10.3. The van der Waals surface area contributed by atoms with Gasteiger partial charge in [-0.15, -0.1) is 46.4 Å². The molecular formula is C26H48Cl4N6O8S. The molecule has 19 heteroatoms. The zero-order chi connectivity index (χ0) is 34.4. The smallest absolute Gasteiger partial charge is 0.253 e. The fraction of sp³-hybridized carbons (Fsp3) is 0.769. The molecule has 0 bridgehead atoms. The normalized spacial score (nSPS) is 14.1. The second-order valence-corrected chi connectivity index (χ2v) is 12.2. The SMILES string of the molecule is Cc1n(CCCNCC(O)CCl)cc[n+]1CC(O)CCl.Cc1n(CCCNCC(O)CCl)cc[n+]1CC(O)CCl.O=S(=O)([O-])[O-]. The van der Waals surface area contributed by atoms with Crippen molar-refractivity contribution in [3.8, 4) is 0 Å². The van der Waals surface area contributed by atoms with Gasteiger partial charge in [0.05, 0.1) is 37.1 Å². The van der Waals surface area contributed by atoms with Crippen molar-refractivity contribution in [2.45, 2.75) is 77.3 Å². The van der Waals surface area contributed by atoms with Crippen molar-refractivity contribution >= 4 is 56.8 Å². The van der Waals surface area contributed by atoms with Gasteiger partial charge in [-0.2, -0.15) is 0 Å². The van der Waals surface area contributed by atoms with Crippen LogP contribution in [-0.2, 0) is 36.6 Å². The predicted octanol–water partition coefficient (Wildman–Crippen LogP) is -0.812. The minimum Gasteiger partial charge on any atom is -0.759 e. The van der Waals surface area contributed by atoms with Gasteiger partial charge in [-0.05, 0) is 25.9 Å². The van der Waals surface area contributed by atoms with E-state index >= 15 is 0 Å². The van der Waals surface area contributed by atoms with Crippen molar-refractivity contribution in [3.05, 3.63) is 36.4 Å². The number of aromatic nitrogens is 4. The average molecular weight is 747 g/mol. The molecule has 2 heterocycles. The van der Waals surface area contributed by atoms with Gasteiger partial charge in [0, 0.05) is 49.1 Å². The zero-order valence-electron chi connectivity index (χ0n) is 25.6. The van der Waals surface area contributed by atoms with Gasteiger partial charge in [-0.25, -0.2) is 18.3 Å². The molecule has 14 nitrogen and oxygen atoms in total. The first-order valence-electron chi connectivity index (χ1n) is 14.3. The standard InChI is InChI=1S/2C13H24Cl2N3O2.H2O4S/c2*1-11-17(4-2-3-16-9-12(19)7-14)5-6-18(11)10-13(20)8-15;1-5(2,3)4/h2*5-6,12-13,16,19-20H,2-4,7-10H2,1H3;(H2,1,2,3,4)/q2*+1;/p-2. The Kier molecular flexibility index (Phi) is 24.8. The third-order valence-electron chi connectivity index (χ3n) is 6.31. The number of aryl methyl sites for hydroxylation is 2. The fourth-order valence-corrected chi connectivity index (χ4v) is 4.30. The molecule has 2 rings (SSSR count). The van der Waals surface area contributed by atoms with Crippen molar-refractivity contribution in [2.24, 2.45) is 0 Å². The Balaban J connectivity index is 0.000000748. The summed E-state index contributed by atoms with van der Waals surface area (Å²) in [5, 5.41) is 44.0. The molecule has 2 aromatic heterocycles. The Bertz CT molecular complexity index is 1060. The second-order valence-electron chi connectivity index (χ2n) is 10.1. The summed E-state index contributed by atoms with van der Waals surface area (Å²) < 4.78 is 42.4. The van der Waals surface area contributed by atoms with E-state index in [4.69, 9.17) is 63.9 Å². The van der Waals surface area contributed by atoms with Crippen LogP contribution in [0.5, 0.6) is 0 Å². The molecule has 0 aliphatic rings. The molecular weight excluding hydrogens is 698 g/mol. The lowest BCUT2D eigenvalue weighted by molar-refractivity contribution is -0.708. The highest BCUT2D eigenvalue weighted by Crippen LogP contribution is 1.99. The number of aliphatic hydroxyl groups is 4. The van der Waals surface area contributed by atoms with Crippen LogP contribution < -0.4 is 19.8 Å². The summed E-state index contributed by atoms with van der Waals surface area (Å²) >= 11 is 22.2. The van der Waals surface area contributed by atoms with Crippen LogP contribution in [-0.4, -0.2) is 121 Å². The summed E-state index contributed by atoms with van der Waals surface area (Å²) in [7, 11) is -5.17. The van der Waals surface area contributed by atoms with Gasteiger partial charge in [0.1, 0.15) is 50.1 Å². The summed E-state index contributed by atoms with van der Waals surface area (Å²) in [6.45, 7) is 9.56. The molecule has 0 aromatic carbocycles. The Morgan fingerprint density at radius 2 is 1.02 bits per heavy atom. The second kappa shape index (κ2) is 25.3. The maximum Gasteiger partial charge on any atom is 0.253 e. The molecule has 0 amide bonds. The van der Waals surface area contributed by atoms with E-state index in [1.807, 2.05) is 47.8 Å². The molecule has 0 saturated heterocycles. The maximum absolute atomic E-state index is 9.56. The lowest BCUT2D eigenvalue weighted by Crippen LogP contribution is -2.42. The van der Waals surface area contributed by atoms with Crippen LogP contribution in [0.4, 0.5) is 0 Å². The van der Waals surface area contributed by atoms with Crippen molar-refractivity contribution < 1.29 is 47.1 Å². The van der Waals surface area contributed by atoms with Crippen molar-refractivity contribution in [1.82, 2.24) is 19.8 Å². The van der Waals surface area contributed by atoms with Gasteiger partial charge in [0.25, 0.3) is 11.6 Å². The maximum atomic E-state index is 9.56. The summed E-state index contributed by atoms with van der Waals surface area (Å²) in [5.74, 6) is 3.18. The van der Waals surface area contributed by atoms with E-state index in [2.05, 4.69) is 19.8 Å². The molecule has 6 N–H and O–H groups in total. The topological polar surface area (TPSA) is 203 Å². The molecule has 0 aliphatic heterocycles. The van der Waals surface area contributed by atoms with Crippen LogP contribution in [0.25, 0.3) is 0 Å². The van der Waals surface area contributed by atoms with Crippen LogP contribution in [0.15, 0.2) is 24.8 Å². The van der Waals surface area contributed by atoms with Crippen molar-refractivity contribution in [1.29, 1.82) is 0 Å². The highest BCUT2D eigenvalue weighted by molar-refractivity contribution is 7.79. The average Bonchev–Trinajstić information content (AvgIpc) is 3.52. The molecule has 0 fully saturated rings. The van der Waals surface area contributed by atoms with Gasteiger partial charge in [0.2, 0.25) is 0 Å². The first-order chi connectivity index (χ1) is 21.2. The molecule has 0 saturated carbocycles. The molecule has 4 unspecified atom stereocenters. The van der Waals surface area contributed by atoms with E-state index in [0.29, 0.717) is 26.2 Å². The Morgan fingerprint density at radius 3 is 1.31 bits per heavy atom. The largest absolute Gasteiger partial charge is 0.759 e. The van der Waals surface area contributed by atoms with E-state index in [0.717, 1.165) is 50.7 Å². The summed E-state index contributed by atoms with van der Waals surface area (Å²) in [6, 6.07) is 0. The van der Waals surface area contributed by atoms with Gasteiger partial charge in [-0.1, -0.05) is 0 Å². The first-order valence-corrected chi connectivity index (χ1v) is 17.8. The summed E-state index contributed by atoms with van der Waals surface area (Å²) in [6.07, 6.45) is 7.84. The van der Waals surface area contributed by atoms with E-state index < -0.39 is 34.8 Å². The minimum atomic E-state index is -5.17. The Hall–Kier alpha value is -0.790. The zero-order valence-corrected chi connectivity index (χ0v) is 29.5. The molecule has 0 radical (unpaired) electrons. The van der Waals surface area contributed by atoms with Gasteiger partial charge >= 0.3 is 0 Å². The van der Waals surface area contributed by atoms with Crippen LogP contribution in [0.3, 0.4) is 0 Å². The monoisotopic (exact) mass is 744 g/mol. The quantitative estimate of drug-likeness (QED) is 0.0327. The van der Waals surface area contributed by atoms with Gasteiger partial charge < -0.3 is 40.2 Å². The third-order valence-corrected chi connectivity index (χ3v) is 7.73. The number of hydrogen-bond donors (Lipinski definition) is 6. The highest BCUT2D eigenvalue weighted by atomic mass is 35.5. The van der Waals surface area contributed by atoms with E-state index in [9.17, 15) is 20.4 Å². The number of hydrogen-bond acceptors (Lipinski definition) is 10. The van der Waals surface area contributed by atoms with E-state index in [1.54, 1.807) is 0 Å². The minimum absolute atomic E-state index is 0.241. The predicted molar refractivity (Wildman–Crippen MR) is 171 cm³/mol. The van der Waals surface area contributed by atoms with E-state index in [1.165, 1.54) is 0 Å². The number of alkyl halides is 4. The summed E-state index contributed by atoms with van der Waals surface area (Å²) in [4.78, 5) is 0. The molecule has 4 atom stereocenters. The Labute approximate surface area is 286 Å². The first kappa shape index (κ1) is 44.2. The van der Waals surface area contributed by atoms with Gasteiger partial charge in [-0.3, -0.25) is 8.42 Å². The van der Waals surface area contributed by atoms with Crippen LogP contribution >= 0.6 is 46.4 Å². The lowest BCUT2D eigenvalue weighted by Gasteiger charge is -2.08. The number of nitrogens with zero attached hydrogens (tertiary/aromatic N) is 4. The molecule has 0 spiro atoms.